The second-order valence-electron chi connectivity index (χ2n) is 5.56. The van der Waals surface area contributed by atoms with Crippen molar-refractivity contribution in [2.24, 2.45) is 0 Å². The highest BCUT2D eigenvalue weighted by molar-refractivity contribution is 7.18. The van der Waals surface area contributed by atoms with E-state index >= 15 is 0 Å². The number of nitrogens with one attached hydrogen (secondary N) is 1. The number of carbonyl (C=O) groups is 2. The van der Waals surface area contributed by atoms with Crippen LogP contribution in [-0.4, -0.2) is 23.3 Å². The number of hydrogen-bond donors (Lipinski definition) is 1. The summed E-state index contributed by atoms with van der Waals surface area (Å²) < 4.78 is 11.6. The van der Waals surface area contributed by atoms with Crippen LogP contribution in [0.15, 0.2) is 66.1 Å². The standard InChI is InChI=1S/C19H14N2O4S/c22-14-10-24-18(20-12-6-2-1-3-7-12)17(14)19(23)25-11-16-21-13-8-4-5-9-15(13)26-16/h1-9,20H,10-11H2. The smallest absolute Gasteiger partial charge is 0.347 e. The molecule has 1 aromatic heterocycles. The minimum atomic E-state index is -0.717. The first kappa shape index (κ1) is 16.3. The van der Waals surface area contributed by atoms with Gasteiger partial charge in [-0.2, -0.15) is 0 Å². The Kier molecular flexibility index (Phi) is 4.37. The third-order valence-corrected chi connectivity index (χ3v) is 4.76. The molecule has 7 heteroatoms. The summed E-state index contributed by atoms with van der Waals surface area (Å²) in [4.78, 5) is 28.8. The number of Topliss-reactive ketones (excluding diaryl/α,β-unsaturated/α-hetero) is 1. The van der Waals surface area contributed by atoms with E-state index in [1.54, 1.807) is 0 Å². The molecule has 2 aromatic carbocycles. The Labute approximate surface area is 153 Å². The largest absolute Gasteiger partial charge is 0.470 e. The van der Waals surface area contributed by atoms with Crippen molar-refractivity contribution in [3.8, 4) is 0 Å². The SMILES string of the molecule is O=C1COC(Nc2ccccc2)=C1C(=O)OCc1nc2ccccc2s1. The summed E-state index contributed by atoms with van der Waals surface area (Å²) in [6.07, 6.45) is 0. The van der Waals surface area contributed by atoms with Crippen LogP contribution < -0.4 is 5.32 Å². The molecule has 26 heavy (non-hydrogen) atoms. The maximum atomic E-state index is 12.4. The number of ether oxygens (including phenoxy) is 2. The number of anilines is 1. The van der Waals surface area contributed by atoms with Crippen LogP contribution in [0, 0.1) is 0 Å². The van der Waals surface area contributed by atoms with E-state index < -0.39 is 11.8 Å². The van der Waals surface area contributed by atoms with Crippen molar-refractivity contribution in [2.45, 2.75) is 6.61 Å². The van der Waals surface area contributed by atoms with Gasteiger partial charge in [-0.3, -0.25) is 4.79 Å². The van der Waals surface area contributed by atoms with Crippen molar-refractivity contribution in [3.05, 3.63) is 71.1 Å². The lowest BCUT2D eigenvalue weighted by atomic mass is 10.2. The van der Waals surface area contributed by atoms with Crippen LogP contribution in [0.5, 0.6) is 0 Å². The van der Waals surface area contributed by atoms with Gasteiger partial charge in [-0.25, -0.2) is 9.78 Å². The predicted octanol–water partition coefficient (Wildman–Crippen LogP) is 3.26. The lowest BCUT2D eigenvalue weighted by Gasteiger charge is -2.08. The Hall–Kier alpha value is -3.19. The molecule has 1 aliphatic rings. The highest BCUT2D eigenvalue weighted by Crippen LogP contribution is 2.24. The number of rotatable bonds is 5. The number of ketones is 1. The molecule has 0 atom stereocenters. The third kappa shape index (κ3) is 3.29. The molecule has 0 radical (unpaired) electrons. The van der Waals surface area contributed by atoms with E-state index in [1.165, 1.54) is 11.3 Å². The first-order valence-corrected chi connectivity index (χ1v) is 8.76. The van der Waals surface area contributed by atoms with Crippen LogP contribution in [0.1, 0.15) is 5.01 Å². The minimum Gasteiger partial charge on any atom is -0.470 e. The second kappa shape index (κ2) is 6.97. The molecule has 0 bridgehead atoms. The number of hydrogen-bond acceptors (Lipinski definition) is 7. The number of nitrogens with zero attached hydrogens (tertiary/aromatic N) is 1. The summed E-state index contributed by atoms with van der Waals surface area (Å²) in [6, 6.07) is 16.8. The van der Waals surface area contributed by atoms with Gasteiger partial charge in [0.05, 0.1) is 10.2 Å². The minimum absolute atomic E-state index is 0.00752. The highest BCUT2D eigenvalue weighted by atomic mass is 32.1. The molecule has 0 fully saturated rings. The fourth-order valence-electron chi connectivity index (χ4n) is 2.55. The highest BCUT2D eigenvalue weighted by Gasteiger charge is 2.32. The molecule has 130 valence electrons. The van der Waals surface area contributed by atoms with E-state index in [1.807, 2.05) is 54.6 Å². The molecule has 0 spiro atoms. The number of esters is 1. The molecule has 0 unspecified atom stereocenters. The Balaban J connectivity index is 1.49. The van der Waals surface area contributed by atoms with Crippen molar-refractivity contribution < 1.29 is 19.1 Å². The van der Waals surface area contributed by atoms with Gasteiger partial charge in [-0.1, -0.05) is 30.3 Å². The van der Waals surface area contributed by atoms with Gasteiger partial charge in [0.1, 0.15) is 11.6 Å². The summed E-state index contributed by atoms with van der Waals surface area (Å²) in [6.45, 7) is -0.172. The molecule has 6 nitrogen and oxygen atoms in total. The molecule has 1 N–H and O–H groups in total. The van der Waals surface area contributed by atoms with Crippen LogP contribution in [0.2, 0.25) is 0 Å². The van der Waals surface area contributed by atoms with Crippen molar-refractivity contribution in [1.82, 2.24) is 4.98 Å². The van der Waals surface area contributed by atoms with Crippen LogP contribution in [0.25, 0.3) is 10.2 Å². The second-order valence-corrected chi connectivity index (χ2v) is 6.67. The molecule has 1 aliphatic heterocycles. The zero-order chi connectivity index (χ0) is 17.9. The molecular formula is C19H14N2O4S. The Bertz CT molecular complexity index is 978. The topological polar surface area (TPSA) is 77.5 Å². The first-order valence-electron chi connectivity index (χ1n) is 7.94. The van der Waals surface area contributed by atoms with E-state index in [0.717, 1.165) is 10.2 Å². The van der Waals surface area contributed by atoms with Crippen LogP contribution in [-0.2, 0) is 25.7 Å². The van der Waals surface area contributed by atoms with Gasteiger partial charge in [-0.15, -0.1) is 11.3 Å². The number of para-hydroxylation sites is 2. The van der Waals surface area contributed by atoms with Gasteiger partial charge in [0.2, 0.25) is 11.7 Å². The molecule has 0 amide bonds. The molecule has 3 aromatic rings. The van der Waals surface area contributed by atoms with Gasteiger partial charge >= 0.3 is 5.97 Å². The summed E-state index contributed by atoms with van der Waals surface area (Å²) >= 11 is 1.45. The fraction of sp³-hybridized carbons (Fsp3) is 0.105. The average Bonchev–Trinajstić information content (AvgIpc) is 3.24. The summed E-state index contributed by atoms with van der Waals surface area (Å²) in [5.41, 5.74) is 1.47. The molecular weight excluding hydrogens is 352 g/mol. The zero-order valence-corrected chi connectivity index (χ0v) is 14.4. The van der Waals surface area contributed by atoms with Crippen molar-refractivity contribution in [1.29, 1.82) is 0 Å². The fourth-order valence-corrected chi connectivity index (χ4v) is 3.43. The normalized spacial score (nSPS) is 13.8. The van der Waals surface area contributed by atoms with E-state index in [0.29, 0.717) is 10.7 Å². The molecule has 0 aliphatic carbocycles. The summed E-state index contributed by atoms with van der Waals surface area (Å²) in [5.74, 6) is -1.00. The van der Waals surface area contributed by atoms with E-state index in [4.69, 9.17) is 9.47 Å². The molecule has 0 saturated carbocycles. The van der Waals surface area contributed by atoms with Gasteiger partial charge in [-0.05, 0) is 24.3 Å². The van der Waals surface area contributed by atoms with E-state index in [-0.39, 0.29) is 24.7 Å². The van der Waals surface area contributed by atoms with Gasteiger partial charge in [0.25, 0.3) is 0 Å². The monoisotopic (exact) mass is 366 g/mol. The number of aromatic nitrogens is 1. The van der Waals surface area contributed by atoms with Gasteiger partial charge in [0, 0.05) is 5.69 Å². The van der Waals surface area contributed by atoms with Crippen LogP contribution >= 0.6 is 11.3 Å². The molecule has 2 heterocycles. The van der Waals surface area contributed by atoms with Crippen LogP contribution in [0.3, 0.4) is 0 Å². The number of fused-ring (bicyclic) bond motifs is 1. The Morgan fingerprint density at radius 3 is 2.73 bits per heavy atom. The summed E-state index contributed by atoms with van der Waals surface area (Å²) in [7, 11) is 0. The van der Waals surface area contributed by atoms with Crippen molar-refractivity contribution in [3.63, 3.8) is 0 Å². The number of benzene rings is 2. The number of thiazole rings is 1. The third-order valence-electron chi connectivity index (χ3n) is 3.75. The number of carbonyl (C=O) groups excluding carboxylic acids is 2. The van der Waals surface area contributed by atoms with E-state index in [2.05, 4.69) is 10.3 Å². The summed E-state index contributed by atoms with van der Waals surface area (Å²) in [5, 5.41) is 3.62. The van der Waals surface area contributed by atoms with Gasteiger partial charge < -0.3 is 14.8 Å². The zero-order valence-electron chi connectivity index (χ0n) is 13.6. The Morgan fingerprint density at radius 2 is 1.92 bits per heavy atom. The lowest BCUT2D eigenvalue weighted by molar-refractivity contribution is -0.141. The van der Waals surface area contributed by atoms with E-state index in [9.17, 15) is 9.59 Å². The quantitative estimate of drug-likeness (QED) is 0.552. The molecule has 0 saturated heterocycles. The average molecular weight is 366 g/mol. The Morgan fingerprint density at radius 1 is 1.15 bits per heavy atom. The maximum absolute atomic E-state index is 12.4. The maximum Gasteiger partial charge on any atom is 0.347 e. The molecule has 4 rings (SSSR count). The van der Waals surface area contributed by atoms with Crippen molar-refractivity contribution in [2.75, 3.05) is 11.9 Å². The first-order chi connectivity index (χ1) is 12.7. The van der Waals surface area contributed by atoms with Gasteiger partial charge in [0.15, 0.2) is 12.2 Å². The lowest BCUT2D eigenvalue weighted by Crippen LogP contribution is -2.16. The van der Waals surface area contributed by atoms with Crippen LogP contribution in [0.4, 0.5) is 5.69 Å². The van der Waals surface area contributed by atoms with Crippen molar-refractivity contribution >= 4 is 39.0 Å². The predicted molar refractivity (Wildman–Crippen MR) is 97.5 cm³/mol.